The van der Waals surface area contributed by atoms with Gasteiger partial charge in [-0.05, 0) is 58.9 Å². The summed E-state index contributed by atoms with van der Waals surface area (Å²) in [6.45, 7) is 14.9. The van der Waals surface area contributed by atoms with Gasteiger partial charge in [0, 0.05) is 18.7 Å². The van der Waals surface area contributed by atoms with Crippen LogP contribution in [0.1, 0.15) is 80.6 Å². The van der Waals surface area contributed by atoms with E-state index in [2.05, 4.69) is 24.1 Å². The molecule has 0 aromatic heterocycles. The Bertz CT molecular complexity index is 662. The average Bonchev–Trinajstić information content (AvgIpc) is 2.78. The van der Waals surface area contributed by atoms with Gasteiger partial charge in [-0.25, -0.2) is 4.79 Å². The maximum absolute atomic E-state index is 13.4. The molecule has 0 aromatic carbocycles. The summed E-state index contributed by atoms with van der Waals surface area (Å²) in [7, 11) is 1.74. The highest BCUT2D eigenvalue weighted by atomic mass is 16.5. The molecule has 7 heteroatoms. The number of carbonyl (C=O) groups excluding carboxylic acids is 3. The zero-order chi connectivity index (χ0) is 24.4. The fraction of sp³-hybridized carbons (Fsp3) is 0.800. The van der Waals surface area contributed by atoms with Gasteiger partial charge in [0.2, 0.25) is 11.8 Å². The average molecular weight is 452 g/mol. The zero-order valence-electron chi connectivity index (χ0n) is 21.4. The van der Waals surface area contributed by atoms with Gasteiger partial charge in [0.05, 0.1) is 18.7 Å². The molecule has 2 amide bonds. The standard InChI is InChI=1S/C25H45N3O4/c1-9-19(7)28-15-13-12-14-21(28)23(29)26-22(17(4)5)24(30)27(8)20(10-2)16-18(6)25(31)32-11-3/h16-17,19-22H,9-15H2,1-8H3,(H,26,29)/t19?,20?,21-,22+/m1/s1. The number of hydrogen-bond donors (Lipinski definition) is 1. The third-order valence-electron chi connectivity index (χ3n) is 6.54. The number of rotatable bonds is 11. The largest absolute Gasteiger partial charge is 0.463 e. The number of carbonyl (C=O) groups is 3. The van der Waals surface area contributed by atoms with Gasteiger partial charge < -0.3 is 15.0 Å². The van der Waals surface area contributed by atoms with Crippen molar-refractivity contribution in [2.75, 3.05) is 20.2 Å². The topological polar surface area (TPSA) is 79.0 Å². The van der Waals surface area contributed by atoms with Crippen molar-refractivity contribution < 1.29 is 19.1 Å². The smallest absolute Gasteiger partial charge is 0.333 e. The minimum atomic E-state index is -0.612. The molecule has 1 heterocycles. The summed E-state index contributed by atoms with van der Waals surface area (Å²) in [4.78, 5) is 42.6. The number of nitrogens with one attached hydrogen (secondary N) is 1. The van der Waals surface area contributed by atoms with Crippen molar-refractivity contribution in [2.45, 2.75) is 105 Å². The minimum Gasteiger partial charge on any atom is -0.463 e. The minimum absolute atomic E-state index is 0.0535. The van der Waals surface area contributed by atoms with E-state index in [1.807, 2.05) is 20.8 Å². The molecule has 0 aromatic rings. The Morgan fingerprint density at radius 1 is 1.12 bits per heavy atom. The molecule has 1 saturated heterocycles. The first-order chi connectivity index (χ1) is 15.1. The summed E-state index contributed by atoms with van der Waals surface area (Å²) in [5, 5.41) is 3.07. The number of amides is 2. The van der Waals surface area contributed by atoms with E-state index in [-0.39, 0.29) is 35.8 Å². The lowest BCUT2D eigenvalue weighted by Gasteiger charge is -2.40. The highest BCUT2D eigenvalue weighted by molar-refractivity contribution is 5.91. The Balaban J connectivity index is 2.99. The van der Waals surface area contributed by atoms with Crippen LogP contribution in [-0.2, 0) is 19.1 Å². The Kier molecular flexibility index (Phi) is 12.0. The molecule has 7 nitrogen and oxygen atoms in total. The van der Waals surface area contributed by atoms with Crippen LogP contribution in [0.15, 0.2) is 11.6 Å². The van der Waals surface area contributed by atoms with Gasteiger partial charge in [-0.15, -0.1) is 0 Å². The summed E-state index contributed by atoms with van der Waals surface area (Å²) >= 11 is 0. The monoisotopic (exact) mass is 451 g/mol. The van der Waals surface area contributed by atoms with E-state index in [0.29, 0.717) is 24.6 Å². The van der Waals surface area contributed by atoms with Gasteiger partial charge >= 0.3 is 5.97 Å². The third-order valence-corrected chi connectivity index (χ3v) is 6.54. The van der Waals surface area contributed by atoms with Crippen LogP contribution in [0.25, 0.3) is 0 Å². The summed E-state index contributed by atoms with van der Waals surface area (Å²) in [6.07, 6.45) is 6.38. The Hall–Kier alpha value is -1.89. The predicted octanol–water partition coefficient (Wildman–Crippen LogP) is 3.53. The first-order valence-electron chi connectivity index (χ1n) is 12.3. The van der Waals surface area contributed by atoms with Gasteiger partial charge in [0.1, 0.15) is 6.04 Å². The number of esters is 1. The van der Waals surface area contributed by atoms with Gasteiger partial charge in [-0.2, -0.15) is 0 Å². The maximum Gasteiger partial charge on any atom is 0.333 e. The molecular formula is C25H45N3O4. The maximum atomic E-state index is 13.4. The lowest BCUT2D eigenvalue weighted by atomic mass is 9.96. The molecule has 1 rings (SSSR count). The van der Waals surface area contributed by atoms with Crippen LogP contribution < -0.4 is 5.32 Å². The third kappa shape index (κ3) is 7.61. The highest BCUT2D eigenvalue weighted by Gasteiger charge is 2.35. The van der Waals surface area contributed by atoms with E-state index >= 15 is 0 Å². The number of nitrogens with zero attached hydrogens (tertiary/aromatic N) is 2. The lowest BCUT2D eigenvalue weighted by molar-refractivity contribution is -0.140. The SMILES string of the molecule is CCOC(=O)C(C)=CC(CC)N(C)C(=O)[C@@H](NC(=O)[C@H]1CCCCN1C(C)CC)C(C)C. The number of hydrogen-bond acceptors (Lipinski definition) is 5. The summed E-state index contributed by atoms with van der Waals surface area (Å²) in [5.74, 6) is -0.624. The first-order valence-corrected chi connectivity index (χ1v) is 12.3. The van der Waals surface area contributed by atoms with Gasteiger partial charge in [0.25, 0.3) is 0 Å². The Morgan fingerprint density at radius 3 is 2.31 bits per heavy atom. The molecular weight excluding hydrogens is 406 g/mol. The molecule has 184 valence electrons. The molecule has 1 N–H and O–H groups in total. The molecule has 4 atom stereocenters. The van der Waals surface area contributed by atoms with E-state index in [9.17, 15) is 14.4 Å². The normalized spacial score (nSPS) is 20.4. The second kappa shape index (κ2) is 13.6. The highest BCUT2D eigenvalue weighted by Crippen LogP contribution is 2.22. The molecule has 32 heavy (non-hydrogen) atoms. The summed E-state index contributed by atoms with van der Waals surface area (Å²) < 4.78 is 5.06. The van der Waals surface area contributed by atoms with Crippen LogP contribution in [0.3, 0.4) is 0 Å². The van der Waals surface area contributed by atoms with Crippen molar-refractivity contribution >= 4 is 17.8 Å². The molecule has 2 unspecified atom stereocenters. The summed E-state index contributed by atoms with van der Waals surface area (Å²) in [6, 6.07) is -0.719. The summed E-state index contributed by atoms with van der Waals surface area (Å²) in [5.41, 5.74) is 0.481. The Labute approximate surface area is 194 Å². The number of likely N-dealkylation sites (N-methyl/N-ethyl adjacent to an activating group) is 1. The van der Waals surface area contributed by atoms with E-state index in [0.717, 1.165) is 32.2 Å². The van der Waals surface area contributed by atoms with Crippen molar-refractivity contribution in [2.24, 2.45) is 5.92 Å². The van der Waals surface area contributed by atoms with Crippen molar-refractivity contribution in [1.82, 2.24) is 15.1 Å². The molecule has 0 radical (unpaired) electrons. The molecule has 0 spiro atoms. The van der Waals surface area contributed by atoms with Crippen LogP contribution in [0.5, 0.6) is 0 Å². The van der Waals surface area contributed by atoms with Crippen molar-refractivity contribution in [3.05, 3.63) is 11.6 Å². The number of ether oxygens (including phenoxy) is 1. The lowest BCUT2D eigenvalue weighted by Crippen LogP contribution is -2.58. The number of likely N-dealkylation sites (tertiary alicyclic amines) is 1. The van der Waals surface area contributed by atoms with Gasteiger partial charge in [-0.1, -0.05) is 40.2 Å². The fourth-order valence-corrected chi connectivity index (χ4v) is 4.25. The number of piperidine rings is 1. The van der Waals surface area contributed by atoms with Crippen LogP contribution in [0.4, 0.5) is 0 Å². The molecule has 1 aliphatic heterocycles. The molecule has 0 bridgehead atoms. The van der Waals surface area contributed by atoms with E-state index in [4.69, 9.17) is 4.74 Å². The molecule has 1 fully saturated rings. The van der Waals surface area contributed by atoms with E-state index in [1.165, 1.54) is 0 Å². The molecule has 0 saturated carbocycles. The predicted molar refractivity (Wildman–Crippen MR) is 128 cm³/mol. The second-order valence-corrected chi connectivity index (χ2v) is 9.23. The Morgan fingerprint density at radius 2 is 1.78 bits per heavy atom. The second-order valence-electron chi connectivity index (χ2n) is 9.23. The van der Waals surface area contributed by atoms with Crippen LogP contribution in [0, 0.1) is 5.92 Å². The first kappa shape index (κ1) is 28.1. The quantitative estimate of drug-likeness (QED) is 0.384. The van der Waals surface area contributed by atoms with Crippen molar-refractivity contribution in [3.8, 4) is 0 Å². The zero-order valence-corrected chi connectivity index (χ0v) is 21.4. The van der Waals surface area contributed by atoms with Crippen molar-refractivity contribution in [1.29, 1.82) is 0 Å². The van der Waals surface area contributed by atoms with Gasteiger partial charge in [-0.3, -0.25) is 14.5 Å². The van der Waals surface area contributed by atoms with E-state index < -0.39 is 6.04 Å². The van der Waals surface area contributed by atoms with Gasteiger partial charge in [0.15, 0.2) is 0 Å². The molecule has 0 aliphatic carbocycles. The van der Waals surface area contributed by atoms with Crippen LogP contribution in [0.2, 0.25) is 0 Å². The van der Waals surface area contributed by atoms with Crippen LogP contribution in [-0.4, -0.2) is 72.0 Å². The van der Waals surface area contributed by atoms with E-state index in [1.54, 1.807) is 31.9 Å². The molecule has 1 aliphatic rings. The van der Waals surface area contributed by atoms with Crippen molar-refractivity contribution in [3.63, 3.8) is 0 Å². The van der Waals surface area contributed by atoms with Crippen LogP contribution >= 0.6 is 0 Å². The fourth-order valence-electron chi connectivity index (χ4n) is 4.25.